The maximum absolute atomic E-state index is 13.3. The summed E-state index contributed by atoms with van der Waals surface area (Å²) >= 11 is 0. The Morgan fingerprint density at radius 2 is 2.10 bits per heavy atom. The number of hydrogen-bond acceptors (Lipinski definition) is 3. The van der Waals surface area contributed by atoms with Gasteiger partial charge in [0.05, 0.1) is 5.56 Å². The fraction of sp³-hybridized carbons (Fsp3) is 0.562. The van der Waals surface area contributed by atoms with Gasteiger partial charge in [-0.25, -0.2) is 4.39 Å². The second-order valence-electron chi connectivity index (χ2n) is 5.92. The molecule has 1 aromatic carbocycles. The van der Waals surface area contributed by atoms with Crippen molar-refractivity contribution < 1.29 is 4.39 Å². The van der Waals surface area contributed by atoms with E-state index in [4.69, 9.17) is 5.26 Å². The van der Waals surface area contributed by atoms with Crippen LogP contribution in [0.1, 0.15) is 32.3 Å². The van der Waals surface area contributed by atoms with Crippen molar-refractivity contribution >= 4 is 5.69 Å². The maximum Gasteiger partial charge on any atom is 0.141 e. The Morgan fingerprint density at radius 3 is 2.70 bits per heavy atom. The van der Waals surface area contributed by atoms with Crippen LogP contribution in [0.15, 0.2) is 18.2 Å². The smallest absolute Gasteiger partial charge is 0.141 e. The summed E-state index contributed by atoms with van der Waals surface area (Å²) in [6.07, 6.45) is 2.18. The molecular formula is C16H22FN3. The highest BCUT2D eigenvalue weighted by Crippen LogP contribution is 2.19. The van der Waals surface area contributed by atoms with Crippen LogP contribution in [0.25, 0.3) is 0 Å². The Labute approximate surface area is 120 Å². The lowest BCUT2D eigenvalue weighted by Gasteiger charge is -2.33. The molecule has 0 atom stereocenters. The molecule has 0 spiro atoms. The molecule has 1 aliphatic rings. The summed E-state index contributed by atoms with van der Waals surface area (Å²) in [5, 5.41) is 12.3. The summed E-state index contributed by atoms with van der Waals surface area (Å²) in [7, 11) is 0. The molecule has 1 aromatic rings. The van der Waals surface area contributed by atoms with Crippen molar-refractivity contribution in [3.63, 3.8) is 0 Å². The molecular weight excluding hydrogens is 253 g/mol. The van der Waals surface area contributed by atoms with Gasteiger partial charge in [0.25, 0.3) is 0 Å². The summed E-state index contributed by atoms with van der Waals surface area (Å²) in [5.74, 6) is 0.250. The zero-order chi connectivity index (χ0) is 14.5. The molecule has 0 aliphatic carbocycles. The summed E-state index contributed by atoms with van der Waals surface area (Å²) < 4.78 is 13.3. The van der Waals surface area contributed by atoms with Crippen LogP contribution in [-0.2, 0) is 0 Å². The second kappa shape index (κ2) is 6.71. The Morgan fingerprint density at radius 1 is 1.40 bits per heavy atom. The number of piperidine rings is 1. The predicted molar refractivity (Wildman–Crippen MR) is 79.0 cm³/mol. The fourth-order valence-electron chi connectivity index (χ4n) is 2.71. The van der Waals surface area contributed by atoms with Crippen molar-refractivity contribution in [2.24, 2.45) is 5.92 Å². The lowest BCUT2D eigenvalue weighted by Crippen LogP contribution is -2.40. The van der Waals surface area contributed by atoms with Crippen molar-refractivity contribution in [1.82, 2.24) is 4.90 Å². The molecule has 0 unspecified atom stereocenters. The third-order valence-corrected chi connectivity index (χ3v) is 3.67. The molecule has 1 N–H and O–H groups in total. The van der Waals surface area contributed by atoms with Crippen LogP contribution in [0.3, 0.4) is 0 Å². The molecule has 0 saturated carbocycles. The normalized spacial score (nSPS) is 17.1. The Bertz CT molecular complexity index is 485. The summed E-state index contributed by atoms with van der Waals surface area (Å²) in [6.45, 7) is 7.84. The van der Waals surface area contributed by atoms with Gasteiger partial charge in [0.1, 0.15) is 11.9 Å². The number of nitrogens with zero attached hydrogens (tertiary/aromatic N) is 2. The van der Waals surface area contributed by atoms with Gasteiger partial charge in [-0.05, 0) is 37.0 Å². The second-order valence-corrected chi connectivity index (χ2v) is 5.92. The molecule has 1 fully saturated rings. The highest BCUT2D eigenvalue weighted by molar-refractivity contribution is 5.50. The Kier molecular flexibility index (Phi) is 4.97. The minimum atomic E-state index is -0.454. The van der Waals surface area contributed by atoms with Crippen LogP contribution in [-0.4, -0.2) is 30.6 Å². The zero-order valence-electron chi connectivity index (χ0n) is 12.2. The van der Waals surface area contributed by atoms with E-state index >= 15 is 0 Å². The summed E-state index contributed by atoms with van der Waals surface area (Å²) in [6, 6.07) is 6.94. The molecule has 3 nitrogen and oxygen atoms in total. The van der Waals surface area contributed by atoms with E-state index < -0.39 is 5.82 Å². The first kappa shape index (κ1) is 14.8. The van der Waals surface area contributed by atoms with Gasteiger partial charge in [-0.15, -0.1) is 0 Å². The largest absolute Gasteiger partial charge is 0.382 e. The monoisotopic (exact) mass is 275 g/mol. The van der Waals surface area contributed by atoms with Gasteiger partial charge in [-0.2, -0.15) is 5.26 Å². The lowest BCUT2D eigenvalue weighted by molar-refractivity contribution is 0.198. The van der Waals surface area contributed by atoms with Crippen LogP contribution >= 0.6 is 0 Å². The van der Waals surface area contributed by atoms with E-state index in [1.165, 1.54) is 6.07 Å². The van der Waals surface area contributed by atoms with E-state index in [0.29, 0.717) is 12.0 Å². The van der Waals surface area contributed by atoms with Gasteiger partial charge in [0, 0.05) is 31.4 Å². The highest BCUT2D eigenvalue weighted by atomic mass is 19.1. The highest BCUT2D eigenvalue weighted by Gasteiger charge is 2.19. The summed E-state index contributed by atoms with van der Waals surface area (Å²) in [5.41, 5.74) is 0.942. The van der Waals surface area contributed by atoms with Crippen molar-refractivity contribution in [2.45, 2.75) is 32.7 Å². The third kappa shape index (κ3) is 3.94. The van der Waals surface area contributed by atoms with Crippen LogP contribution in [0.5, 0.6) is 0 Å². The molecule has 1 saturated heterocycles. The minimum absolute atomic E-state index is 0.104. The molecule has 0 radical (unpaired) electrons. The van der Waals surface area contributed by atoms with Crippen molar-refractivity contribution in [3.05, 3.63) is 29.6 Å². The van der Waals surface area contributed by atoms with Gasteiger partial charge >= 0.3 is 0 Å². The molecule has 2 rings (SSSR count). The molecule has 1 heterocycles. The lowest BCUT2D eigenvalue weighted by atomic mass is 10.0. The number of nitriles is 1. The number of nitrogens with one attached hydrogen (secondary N) is 1. The average Bonchev–Trinajstić information content (AvgIpc) is 2.42. The van der Waals surface area contributed by atoms with E-state index in [-0.39, 0.29) is 5.56 Å². The molecule has 1 aliphatic heterocycles. The number of benzene rings is 1. The SMILES string of the molecule is CC(C)CN1CCC(Nc2ccc(F)c(C#N)c2)CC1. The van der Waals surface area contributed by atoms with Gasteiger partial charge in [-0.1, -0.05) is 13.8 Å². The topological polar surface area (TPSA) is 39.1 Å². The Hall–Kier alpha value is -1.60. The summed E-state index contributed by atoms with van der Waals surface area (Å²) in [4.78, 5) is 2.49. The number of halogens is 1. The van der Waals surface area contributed by atoms with Crippen molar-refractivity contribution in [3.8, 4) is 6.07 Å². The Balaban J connectivity index is 1.88. The van der Waals surface area contributed by atoms with Crippen LogP contribution in [0.2, 0.25) is 0 Å². The van der Waals surface area contributed by atoms with Crippen LogP contribution < -0.4 is 5.32 Å². The number of hydrogen-bond donors (Lipinski definition) is 1. The van der Waals surface area contributed by atoms with E-state index in [9.17, 15) is 4.39 Å². The first-order valence-corrected chi connectivity index (χ1v) is 7.27. The predicted octanol–water partition coefficient (Wildman–Crippen LogP) is 3.23. The number of rotatable bonds is 4. The maximum atomic E-state index is 13.3. The fourth-order valence-corrected chi connectivity index (χ4v) is 2.71. The van der Waals surface area contributed by atoms with Crippen LogP contribution in [0.4, 0.5) is 10.1 Å². The van der Waals surface area contributed by atoms with Gasteiger partial charge in [0.2, 0.25) is 0 Å². The van der Waals surface area contributed by atoms with Crippen molar-refractivity contribution in [2.75, 3.05) is 25.0 Å². The van der Waals surface area contributed by atoms with E-state index in [1.807, 2.05) is 6.07 Å². The van der Waals surface area contributed by atoms with Gasteiger partial charge in [0.15, 0.2) is 0 Å². The third-order valence-electron chi connectivity index (χ3n) is 3.67. The zero-order valence-corrected chi connectivity index (χ0v) is 12.2. The van der Waals surface area contributed by atoms with Crippen molar-refractivity contribution in [1.29, 1.82) is 5.26 Å². The van der Waals surface area contributed by atoms with E-state index in [0.717, 1.165) is 38.2 Å². The molecule has 0 aromatic heterocycles. The van der Waals surface area contributed by atoms with Crippen LogP contribution in [0, 0.1) is 23.1 Å². The number of likely N-dealkylation sites (tertiary alicyclic amines) is 1. The molecule has 108 valence electrons. The van der Waals surface area contributed by atoms with E-state index in [1.54, 1.807) is 12.1 Å². The molecule has 4 heteroatoms. The van der Waals surface area contributed by atoms with Gasteiger partial charge in [-0.3, -0.25) is 0 Å². The average molecular weight is 275 g/mol. The molecule has 0 amide bonds. The van der Waals surface area contributed by atoms with Gasteiger partial charge < -0.3 is 10.2 Å². The number of anilines is 1. The quantitative estimate of drug-likeness (QED) is 0.917. The minimum Gasteiger partial charge on any atom is -0.382 e. The molecule has 0 bridgehead atoms. The van der Waals surface area contributed by atoms with E-state index in [2.05, 4.69) is 24.1 Å². The molecule has 20 heavy (non-hydrogen) atoms. The first-order chi connectivity index (χ1) is 9.58. The standard InChI is InChI=1S/C16H22FN3/c1-12(2)11-20-7-5-14(6-8-20)19-15-3-4-16(17)13(9-15)10-18/h3-4,9,12,14,19H,5-8,11H2,1-2H3. The first-order valence-electron chi connectivity index (χ1n) is 7.27.